The molecule has 1 saturated heterocycles. The number of carbonyl (C=O) groups excluding carboxylic acids is 4. The van der Waals surface area contributed by atoms with E-state index in [0.717, 1.165) is 41.8 Å². The molecule has 0 radical (unpaired) electrons. The third-order valence-corrected chi connectivity index (χ3v) is 25.5. The number of ether oxygens (including phenoxy) is 5. The molecule has 9 atom stereocenters. The van der Waals surface area contributed by atoms with Gasteiger partial charge in [0.25, 0.3) is 0 Å². The molecule has 60 heavy (non-hydrogen) atoms. The van der Waals surface area contributed by atoms with Crippen LogP contribution in [0.1, 0.15) is 106 Å². The number of hydrogen-bond donors (Lipinski definition) is 0. The number of Topliss-reactive ketones (excluding diaryl/α,β-unsaturated/α-hetero) is 1. The van der Waals surface area contributed by atoms with Gasteiger partial charge in [-0.15, -0.1) is 0 Å². The summed E-state index contributed by atoms with van der Waals surface area (Å²) in [5.41, 5.74) is -4.35. The minimum Gasteiger partial charge on any atom is -0.467 e. The molecular weight excluding hydrogens is 837 g/mol. The van der Waals surface area contributed by atoms with Crippen molar-refractivity contribution < 1.29 is 51.7 Å². The summed E-state index contributed by atoms with van der Waals surface area (Å²) in [5.74, 6) is -3.44. The molecule has 334 valence electrons. The highest BCUT2D eigenvalue weighted by atomic mass is 32.2. The summed E-state index contributed by atoms with van der Waals surface area (Å²) < 4.78 is 48.6. The minimum atomic E-state index is -2.52. The largest absolute Gasteiger partial charge is 0.467 e. The molecule has 0 spiro atoms. The van der Waals surface area contributed by atoms with Crippen molar-refractivity contribution in [3.8, 4) is 0 Å². The van der Waals surface area contributed by atoms with Gasteiger partial charge in [-0.2, -0.15) is 0 Å². The molecule has 3 aliphatic carbocycles. The summed E-state index contributed by atoms with van der Waals surface area (Å²) in [4.78, 5) is 58.2. The molecule has 4 aliphatic rings. The van der Waals surface area contributed by atoms with Crippen molar-refractivity contribution in [3.05, 3.63) is 47.0 Å². The van der Waals surface area contributed by atoms with Gasteiger partial charge in [0.05, 0.1) is 35.7 Å². The van der Waals surface area contributed by atoms with E-state index in [1.165, 1.54) is 25.6 Å². The fourth-order valence-corrected chi connectivity index (χ4v) is 17.4. The monoisotopic (exact) mass is 904 g/mol. The first kappa shape index (κ1) is 48.6. The molecule has 1 heterocycles. The lowest BCUT2D eigenvalue weighted by molar-refractivity contribution is -0.343. The summed E-state index contributed by atoms with van der Waals surface area (Å²) in [7, 11) is -4.93. The predicted molar refractivity (Wildman–Crippen MR) is 242 cm³/mol. The molecule has 11 nitrogen and oxygen atoms in total. The van der Waals surface area contributed by atoms with Crippen molar-refractivity contribution in [3.63, 3.8) is 0 Å². The number of ketones is 1. The van der Waals surface area contributed by atoms with Crippen LogP contribution in [0.15, 0.2) is 41.5 Å². The van der Waals surface area contributed by atoms with Crippen LogP contribution >= 0.6 is 24.0 Å². The Morgan fingerprint density at radius 2 is 1.42 bits per heavy atom. The van der Waals surface area contributed by atoms with Crippen LogP contribution in [0.3, 0.4) is 0 Å². The van der Waals surface area contributed by atoms with Crippen molar-refractivity contribution >= 4 is 68.7 Å². The molecule has 1 unspecified atom stereocenters. The maximum Gasteiger partial charge on any atom is 0.338 e. The molecule has 3 fully saturated rings. The second kappa shape index (κ2) is 18.4. The Balaban J connectivity index is 2.01. The fraction of sp³-hybridized carbons (Fsp3) is 0.711. The van der Waals surface area contributed by atoms with E-state index in [9.17, 15) is 14.4 Å². The average molecular weight is 905 g/mol. The van der Waals surface area contributed by atoms with Crippen molar-refractivity contribution in [1.29, 1.82) is 0 Å². The van der Waals surface area contributed by atoms with Gasteiger partial charge in [-0.25, -0.2) is 4.79 Å². The van der Waals surface area contributed by atoms with Gasteiger partial charge in [0.1, 0.15) is 6.10 Å². The van der Waals surface area contributed by atoms with Crippen molar-refractivity contribution in [2.45, 2.75) is 174 Å². The number of thiocarbonyl (C=S) groups is 1. The van der Waals surface area contributed by atoms with Gasteiger partial charge in [0, 0.05) is 32.1 Å². The van der Waals surface area contributed by atoms with Gasteiger partial charge in [0.2, 0.25) is 4.38 Å². The zero-order chi connectivity index (χ0) is 44.6. The Bertz CT molecular complexity index is 1810. The van der Waals surface area contributed by atoms with Crippen molar-refractivity contribution in [1.82, 2.24) is 0 Å². The van der Waals surface area contributed by atoms with E-state index in [1.807, 2.05) is 40.0 Å². The summed E-state index contributed by atoms with van der Waals surface area (Å²) in [6, 6.07) is 13.6. The first-order valence-electron chi connectivity index (χ1n) is 21.8. The highest BCUT2D eigenvalue weighted by molar-refractivity contribution is 8.22. The van der Waals surface area contributed by atoms with Crippen molar-refractivity contribution in [2.75, 3.05) is 12.9 Å². The Labute approximate surface area is 369 Å². The number of rotatable bonds is 15. The summed E-state index contributed by atoms with van der Waals surface area (Å²) in [6.07, 6.45) is -2.73. The van der Waals surface area contributed by atoms with Crippen LogP contribution in [0.5, 0.6) is 0 Å². The molecule has 0 N–H and O–H groups in total. The van der Waals surface area contributed by atoms with Gasteiger partial charge in [0.15, 0.2) is 45.8 Å². The van der Waals surface area contributed by atoms with Crippen LogP contribution in [0.2, 0.25) is 36.3 Å². The van der Waals surface area contributed by atoms with E-state index < -0.39 is 98.8 Å². The zero-order valence-electron chi connectivity index (χ0n) is 38.0. The highest BCUT2D eigenvalue weighted by Crippen LogP contribution is 2.66. The van der Waals surface area contributed by atoms with Crippen molar-refractivity contribution in [2.24, 2.45) is 16.7 Å². The van der Waals surface area contributed by atoms with Crippen LogP contribution in [0, 0.1) is 16.7 Å². The smallest absolute Gasteiger partial charge is 0.338 e. The number of esters is 3. The Hall–Kier alpha value is -2.41. The van der Waals surface area contributed by atoms with E-state index in [2.05, 4.69) is 41.5 Å². The molecule has 5 rings (SSSR count). The molecule has 2 bridgehead atoms. The quantitative estimate of drug-likeness (QED) is 0.0545. The number of benzene rings is 1. The molecular formula is C45H68O11S2Si2. The average Bonchev–Trinajstić information content (AvgIpc) is 3.22. The lowest BCUT2D eigenvalue weighted by Gasteiger charge is -2.69. The first-order chi connectivity index (χ1) is 28.2. The van der Waals surface area contributed by atoms with E-state index in [0.29, 0.717) is 5.57 Å². The maximum absolute atomic E-state index is 16.4. The lowest BCUT2D eigenvalue weighted by Crippen LogP contribution is -2.82. The number of hydrogen-bond acceptors (Lipinski definition) is 13. The summed E-state index contributed by atoms with van der Waals surface area (Å²) in [6.45, 7) is 23.1. The van der Waals surface area contributed by atoms with Gasteiger partial charge in [-0.1, -0.05) is 85.4 Å². The fourth-order valence-electron chi connectivity index (χ4n) is 11.2. The minimum absolute atomic E-state index is 0.0737. The second-order valence-electron chi connectivity index (χ2n) is 18.0. The van der Waals surface area contributed by atoms with Crippen LogP contribution < -0.4 is 0 Å². The topological polar surface area (TPSA) is 133 Å². The standard InChI is InChI=1S/C45H68O11S2Si2/c1-14-59(15-2,16-3)55-32-26-45(54-41(57)58-13)39(52-40(49)31-23-21-20-22-24-31)37-43(12,38(48)36(51-29(8)46)35(28(32)7)42(45,10)11)33(56-60(17-4,18-5)19-6)25-34-44(37,27-50-34)53-30(9)47/h20-24,32-34,36-37,39H,14-19,25-27H2,1-13H3/t32-,33-,34+,36+,37?,39-,43+,44-,45+/m0/s1. The second-order valence-corrected chi connectivity index (χ2v) is 28.8. The van der Waals surface area contributed by atoms with E-state index in [-0.39, 0.29) is 29.4 Å². The normalized spacial score (nSPS) is 32.3. The third kappa shape index (κ3) is 8.04. The lowest BCUT2D eigenvalue weighted by atomic mass is 9.44. The number of thioether (sulfide) groups is 1. The van der Waals surface area contributed by atoms with Gasteiger partial charge < -0.3 is 32.5 Å². The Morgan fingerprint density at radius 1 is 0.850 bits per heavy atom. The zero-order valence-corrected chi connectivity index (χ0v) is 41.7. The Kier molecular flexibility index (Phi) is 14.9. The maximum atomic E-state index is 16.4. The van der Waals surface area contributed by atoms with Crippen LogP contribution in [0.25, 0.3) is 0 Å². The highest BCUT2D eigenvalue weighted by Gasteiger charge is 2.80. The molecule has 1 aliphatic heterocycles. The van der Waals surface area contributed by atoms with Gasteiger partial charge in [-0.3, -0.25) is 14.4 Å². The van der Waals surface area contributed by atoms with Gasteiger partial charge in [-0.05, 0) is 91.9 Å². The van der Waals surface area contributed by atoms with Crippen LogP contribution in [-0.2, 0) is 46.9 Å². The molecule has 1 aromatic rings. The van der Waals surface area contributed by atoms with E-state index in [4.69, 9.17) is 44.8 Å². The van der Waals surface area contributed by atoms with E-state index in [1.54, 1.807) is 24.3 Å². The predicted octanol–water partition coefficient (Wildman–Crippen LogP) is 9.38. The van der Waals surface area contributed by atoms with Crippen LogP contribution in [-0.4, -0.2) is 99.3 Å². The Morgan fingerprint density at radius 3 is 1.90 bits per heavy atom. The molecule has 2 saturated carbocycles. The molecule has 0 amide bonds. The van der Waals surface area contributed by atoms with E-state index >= 15 is 4.79 Å². The summed E-state index contributed by atoms with van der Waals surface area (Å²) >= 11 is 7.24. The number of fused-ring (bicyclic) bond motifs is 5. The van der Waals surface area contributed by atoms with Gasteiger partial charge >= 0.3 is 17.9 Å². The van der Waals surface area contributed by atoms with Crippen LogP contribution in [0.4, 0.5) is 0 Å². The molecule has 15 heteroatoms. The molecule has 1 aromatic carbocycles. The molecule has 0 aromatic heterocycles. The first-order valence-corrected chi connectivity index (χ1v) is 28.5. The number of carbonyl (C=O) groups is 4. The summed E-state index contributed by atoms with van der Waals surface area (Å²) in [5, 5.41) is 0. The third-order valence-electron chi connectivity index (χ3n) is 15.2. The SMILES string of the molecule is CC[Si](CC)(CC)O[C@H]1C[C@@]2(OC(=S)SC)[C@@H](OC(=O)c3ccccc3)C3[C@](C)(C(=O)[C@H](OC(C)=O)C(=C1C)C2(C)C)[C@@H](O[Si](CC)(CC)CC)C[C@H]1OC[C@@]31OC(C)=O.